The second-order valence-electron chi connectivity index (χ2n) is 24.1. The maximum atomic E-state index is 15.5. The first kappa shape index (κ1) is 50.3. The van der Waals surface area contributed by atoms with E-state index in [1.807, 2.05) is 10.8 Å². The van der Waals surface area contributed by atoms with E-state index < -0.39 is 17.4 Å². The molecule has 0 aromatic carbocycles. The van der Waals surface area contributed by atoms with E-state index in [9.17, 15) is 19.8 Å². The molecule has 9 atom stereocenters. The fourth-order valence-corrected chi connectivity index (χ4v) is 19.8. The van der Waals surface area contributed by atoms with Gasteiger partial charge in [0.15, 0.2) is 0 Å². The molecule has 5 aliphatic heterocycles. The number of carbonyl (C=O) groups excluding carboxylic acids is 4. The number of rotatable bonds is 12. The number of fused-ring (bicyclic) bond motifs is 2. The van der Waals surface area contributed by atoms with Crippen LogP contribution in [0.2, 0.25) is 0 Å². The van der Waals surface area contributed by atoms with Crippen molar-refractivity contribution in [1.29, 1.82) is 0 Å². The average molecular weight is 1040 g/mol. The Morgan fingerprint density at radius 2 is 1.67 bits per heavy atom. The van der Waals surface area contributed by atoms with Gasteiger partial charge in [0.25, 0.3) is 11.8 Å². The highest BCUT2D eigenvalue weighted by Gasteiger charge is 2.70. The summed E-state index contributed by atoms with van der Waals surface area (Å²) in [6.45, 7) is 3.70. The Hall–Kier alpha value is -3.56. The van der Waals surface area contributed by atoms with Crippen LogP contribution in [0.4, 0.5) is 0 Å². The van der Waals surface area contributed by atoms with Crippen molar-refractivity contribution in [2.45, 2.75) is 160 Å². The first-order chi connectivity index (χ1) is 35.6. The molecule has 13 rings (SSSR count). The summed E-state index contributed by atoms with van der Waals surface area (Å²) in [4.78, 5) is 59.1. The highest BCUT2D eigenvalue weighted by molar-refractivity contribution is 8.76. The van der Waals surface area contributed by atoms with E-state index >= 15 is 9.59 Å². The molecule has 5 fully saturated rings. The molecule has 13 aliphatic rings. The smallest absolute Gasteiger partial charge is 0.340 e. The Balaban J connectivity index is 1.01. The first-order valence-electron chi connectivity index (χ1n) is 28.7. The summed E-state index contributed by atoms with van der Waals surface area (Å²) in [5.41, 5.74) is 4.98. The van der Waals surface area contributed by atoms with Gasteiger partial charge < -0.3 is 35.6 Å². The van der Waals surface area contributed by atoms with Crippen molar-refractivity contribution >= 4 is 45.3 Å². The number of nitrogens with zero attached hydrogens (tertiary/aromatic N) is 1. The minimum atomic E-state index is -0.930. The van der Waals surface area contributed by atoms with E-state index in [1.54, 1.807) is 10.8 Å². The maximum Gasteiger partial charge on any atom is 0.340 e. The van der Waals surface area contributed by atoms with Gasteiger partial charge in [0.2, 0.25) is 0 Å². The Morgan fingerprint density at radius 3 is 2.44 bits per heavy atom. The van der Waals surface area contributed by atoms with Gasteiger partial charge in [-0.25, -0.2) is 9.59 Å². The van der Waals surface area contributed by atoms with E-state index in [2.05, 4.69) is 41.1 Å². The summed E-state index contributed by atoms with van der Waals surface area (Å²) in [7, 11) is 3.61. The van der Waals surface area contributed by atoms with Crippen molar-refractivity contribution in [3.63, 3.8) is 0 Å². The number of amides is 2. The summed E-state index contributed by atoms with van der Waals surface area (Å²) in [5.74, 6) is 2.48. The van der Waals surface area contributed by atoms with Crippen LogP contribution in [0.3, 0.4) is 0 Å². The SMILES string of the molecule is CCC1(C2=C3OC(=O)C4=C3C(CC2)CC2C3CCC5(C6=CCC(C7CCC(CCCO)CC7)C(NCC(O)C7CCCCC7)SSCNC7=CC(=CCN7)C(CN7C(=O)C=CC7=O)C3=C5C(=O)O6)C42)CCCC1. The number of imide groups is 1. The van der Waals surface area contributed by atoms with Crippen LogP contribution in [-0.4, -0.2) is 82.5 Å². The molecule has 8 aliphatic carbocycles. The predicted octanol–water partition coefficient (Wildman–Crippen LogP) is 9.55. The quantitative estimate of drug-likeness (QED) is 0.0714. The lowest BCUT2D eigenvalue weighted by atomic mass is 9.42. The minimum absolute atomic E-state index is 0.0129. The number of dihydropyridines is 1. The fourth-order valence-electron chi connectivity index (χ4n) is 17.3. The summed E-state index contributed by atoms with van der Waals surface area (Å²) in [6.07, 6.45) is 31.4. The second kappa shape index (κ2) is 20.8. The number of nitrogens with one attached hydrogen (secondary N) is 3. The molecule has 394 valence electrons. The zero-order chi connectivity index (χ0) is 50.0. The molecular formula is C59H78N4O8S2. The van der Waals surface area contributed by atoms with Crippen molar-refractivity contribution in [1.82, 2.24) is 20.9 Å². The van der Waals surface area contributed by atoms with Gasteiger partial charge in [-0.15, -0.1) is 0 Å². The van der Waals surface area contributed by atoms with Gasteiger partial charge in [-0.05, 0) is 172 Å². The molecule has 14 heteroatoms. The zero-order valence-electron chi connectivity index (χ0n) is 42.9. The van der Waals surface area contributed by atoms with Gasteiger partial charge >= 0.3 is 11.9 Å². The Kier molecular flexibility index (Phi) is 14.3. The summed E-state index contributed by atoms with van der Waals surface area (Å²) in [5, 5.41) is 32.7. The number of ether oxygens (including phenoxy) is 2. The van der Waals surface area contributed by atoms with Crippen molar-refractivity contribution in [2.75, 3.05) is 32.1 Å². The van der Waals surface area contributed by atoms with Crippen molar-refractivity contribution in [2.24, 2.45) is 64.1 Å². The van der Waals surface area contributed by atoms with Crippen LogP contribution < -0.4 is 16.0 Å². The molecule has 0 radical (unpaired) electrons. The number of esters is 2. The van der Waals surface area contributed by atoms with Gasteiger partial charge in [0, 0.05) is 61.4 Å². The molecule has 1 saturated heterocycles. The number of hydrogen-bond donors (Lipinski definition) is 5. The lowest BCUT2D eigenvalue weighted by molar-refractivity contribution is -0.138. The largest absolute Gasteiger partial charge is 0.427 e. The molecule has 12 nitrogen and oxygen atoms in total. The van der Waals surface area contributed by atoms with Crippen molar-refractivity contribution in [3.05, 3.63) is 81.2 Å². The van der Waals surface area contributed by atoms with Crippen LogP contribution in [0, 0.1) is 64.1 Å². The molecule has 9 unspecified atom stereocenters. The molecule has 5 N–H and O–H groups in total. The monoisotopic (exact) mass is 1030 g/mol. The number of carbonyl (C=O) groups is 4. The molecule has 4 saturated carbocycles. The van der Waals surface area contributed by atoms with Gasteiger partial charge in [-0.1, -0.05) is 79.5 Å². The molecule has 5 heterocycles. The standard InChI is InChI=1S/C59H78N4O8S2/c1-2-58(24-6-7-25-58)43-18-16-38-29-41-40-22-26-59(52(41)51-49(38)54(43)71-56(51)68)45-19-17-39(35-14-12-34(13-15-35)9-8-28-64)55(61-31-44(65)36-10-4-3-5-11-36)73-72-33-62-46-30-37(23-27-60-46)42(50(40)53(59)57(69)70-45)32-63-47(66)20-21-48(63)67/h19-21,23,30,34-36,38-42,44,52,55,60-62,64-65H,2-18,22,24-29,31-33H2,1H3. The normalized spacial score (nSPS) is 36.6. The zero-order valence-corrected chi connectivity index (χ0v) is 44.6. The molecule has 7 bridgehead atoms. The Morgan fingerprint density at radius 1 is 0.877 bits per heavy atom. The van der Waals surface area contributed by atoms with Gasteiger partial charge in [-0.2, -0.15) is 0 Å². The summed E-state index contributed by atoms with van der Waals surface area (Å²) >= 11 is 0. The topological polar surface area (TPSA) is 167 Å². The van der Waals surface area contributed by atoms with E-state index in [0.717, 1.165) is 130 Å². The Labute approximate surface area is 440 Å². The lowest BCUT2D eigenvalue weighted by Gasteiger charge is -2.58. The summed E-state index contributed by atoms with van der Waals surface area (Å²) < 4.78 is 13.6. The highest BCUT2D eigenvalue weighted by Crippen LogP contribution is 2.73. The van der Waals surface area contributed by atoms with Crippen LogP contribution in [-0.2, 0) is 28.7 Å². The number of aliphatic hydroxyl groups is 2. The molecule has 2 amide bonds. The molecule has 73 heavy (non-hydrogen) atoms. The summed E-state index contributed by atoms with van der Waals surface area (Å²) in [6, 6.07) is 0. The highest BCUT2D eigenvalue weighted by atomic mass is 33.1. The molecule has 1 spiro atoms. The predicted molar refractivity (Wildman–Crippen MR) is 283 cm³/mol. The molecule has 0 aromatic heterocycles. The number of aliphatic hydroxyl groups excluding tert-OH is 2. The maximum absolute atomic E-state index is 15.5. The Bertz CT molecular complexity index is 2450. The van der Waals surface area contributed by atoms with Crippen LogP contribution in [0.15, 0.2) is 81.2 Å². The van der Waals surface area contributed by atoms with Gasteiger partial charge in [0.1, 0.15) is 11.5 Å². The lowest BCUT2D eigenvalue weighted by Crippen LogP contribution is -2.55. The van der Waals surface area contributed by atoms with E-state index in [1.165, 1.54) is 54.7 Å². The van der Waals surface area contributed by atoms with Crippen molar-refractivity contribution < 1.29 is 38.9 Å². The number of hydrogen-bond acceptors (Lipinski definition) is 13. The third-order valence-corrected chi connectivity index (χ3v) is 23.4. The van der Waals surface area contributed by atoms with Crippen LogP contribution >= 0.6 is 21.6 Å². The number of allylic oxidation sites excluding steroid dienone is 5. The third-order valence-electron chi connectivity index (χ3n) is 20.9. The third kappa shape index (κ3) is 8.79. The first-order valence-corrected chi connectivity index (χ1v) is 31.1. The minimum Gasteiger partial charge on any atom is -0.427 e. The average Bonchev–Trinajstić information content (AvgIpc) is 4.19. The fraction of sp³-hybridized carbons (Fsp3) is 0.695. The van der Waals surface area contributed by atoms with E-state index in [0.29, 0.717) is 60.9 Å². The van der Waals surface area contributed by atoms with Crippen LogP contribution in [0.25, 0.3) is 0 Å². The second-order valence-corrected chi connectivity index (χ2v) is 26.6. The van der Waals surface area contributed by atoms with Gasteiger partial charge in [0.05, 0.1) is 34.2 Å². The molecule has 0 aromatic rings. The molecular weight excluding hydrogens is 957 g/mol. The van der Waals surface area contributed by atoms with Crippen LogP contribution in [0.5, 0.6) is 0 Å². The van der Waals surface area contributed by atoms with Crippen molar-refractivity contribution in [3.8, 4) is 0 Å². The van der Waals surface area contributed by atoms with E-state index in [-0.39, 0.29) is 77.3 Å². The van der Waals surface area contributed by atoms with Crippen LogP contribution in [0.1, 0.15) is 148 Å². The van der Waals surface area contributed by atoms with E-state index in [4.69, 9.17) is 9.47 Å². The van der Waals surface area contributed by atoms with Gasteiger partial charge in [-0.3, -0.25) is 14.5 Å².